The minimum absolute atomic E-state index is 0.0403. The molecule has 0 atom stereocenters. The fourth-order valence-electron chi connectivity index (χ4n) is 0.594. The number of alkyl halides is 1. The second-order valence-corrected chi connectivity index (χ2v) is 3.29. The maximum atomic E-state index is 13.6. The standard InChI is InChI=1S/C7H10ClFO4S/c1-3-12-5(10)7(9,14-8)6(11)13-4-2/h3-4H2,1-2H3. The third-order valence-electron chi connectivity index (χ3n) is 1.18. The molecule has 0 saturated heterocycles. The fraction of sp³-hybridized carbons (Fsp3) is 0.714. The maximum Gasteiger partial charge on any atom is 0.368 e. The van der Waals surface area contributed by atoms with E-state index in [4.69, 9.17) is 10.7 Å². The Balaban J connectivity index is 4.60. The molecular formula is C7H10ClFO4S. The topological polar surface area (TPSA) is 52.6 Å². The summed E-state index contributed by atoms with van der Waals surface area (Å²) in [6.07, 6.45) is 0. The van der Waals surface area contributed by atoms with E-state index in [1.54, 1.807) is 0 Å². The molecule has 7 heteroatoms. The molecule has 0 bridgehead atoms. The third-order valence-corrected chi connectivity index (χ3v) is 2.37. The minimum Gasteiger partial charge on any atom is -0.462 e. The van der Waals surface area contributed by atoms with Crippen LogP contribution in [0.2, 0.25) is 0 Å². The molecule has 0 unspecified atom stereocenters. The lowest BCUT2D eigenvalue weighted by atomic mass is 10.4. The molecule has 0 fully saturated rings. The molecule has 4 nitrogen and oxygen atoms in total. The molecular weight excluding hydrogens is 235 g/mol. The van der Waals surface area contributed by atoms with Gasteiger partial charge in [-0.05, 0) is 24.5 Å². The van der Waals surface area contributed by atoms with Crippen molar-refractivity contribution in [3.8, 4) is 0 Å². The van der Waals surface area contributed by atoms with Crippen molar-refractivity contribution < 1.29 is 23.5 Å². The summed E-state index contributed by atoms with van der Waals surface area (Å²) >= 11 is 0. The predicted octanol–water partition coefficient (Wildman–Crippen LogP) is 1.67. The van der Waals surface area contributed by atoms with Crippen LogP contribution in [0.5, 0.6) is 0 Å². The zero-order valence-electron chi connectivity index (χ0n) is 7.71. The molecule has 0 aliphatic heterocycles. The van der Waals surface area contributed by atoms with Crippen molar-refractivity contribution in [1.82, 2.24) is 0 Å². The highest BCUT2D eigenvalue weighted by atomic mass is 35.7. The molecule has 82 valence electrons. The smallest absolute Gasteiger partial charge is 0.368 e. The largest absolute Gasteiger partial charge is 0.462 e. The molecule has 0 heterocycles. The van der Waals surface area contributed by atoms with E-state index in [2.05, 4.69) is 9.47 Å². The summed E-state index contributed by atoms with van der Waals surface area (Å²) < 4.78 is 22.3. The molecule has 0 radical (unpaired) electrons. The highest BCUT2D eigenvalue weighted by Crippen LogP contribution is 2.33. The first-order valence-corrected chi connectivity index (χ1v) is 5.50. The Morgan fingerprint density at radius 2 is 1.64 bits per heavy atom. The summed E-state index contributed by atoms with van der Waals surface area (Å²) in [7, 11) is 5.03. The van der Waals surface area contributed by atoms with E-state index in [9.17, 15) is 14.0 Å². The monoisotopic (exact) mass is 244 g/mol. The summed E-state index contributed by atoms with van der Waals surface area (Å²) in [5.41, 5.74) is 0. The van der Waals surface area contributed by atoms with Gasteiger partial charge in [-0.3, -0.25) is 0 Å². The first-order chi connectivity index (χ1) is 6.52. The van der Waals surface area contributed by atoms with Crippen LogP contribution in [-0.2, 0) is 19.1 Å². The summed E-state index contributed by atoms with van der Waals surface area (Å²) in [4.78, 5) is 22.0. The summed E-state index contributed by atoms with van der Waals surface area (Å²) in [5.74, 6) is -2.70. The zero-order chi connectivity index (χ0) is 11.2. The van der Waals surface area contributed by atoms with Crippen molar-refractivity contribution in [2.75, 3.05) is 13.2 Å². The molecule has 14 heavy (non-hydrogen) atoms. The zero-order valence-corrected chi connectivity index (χ0v) is 9.28. The number of rotatable bonds is 5. The van der Waals surface area contributed by atoms with Gasteiger partial charge in [-0.15, -0.1) is 0 Å². The summed E-state index contributed by atoms with van der Waals surface area (Å²) in [6, 6.07) is 0. The Hall–Kier alpha value is -0.490. The van der Waals surface area contributed by atoms with E-state index in [0.717, 1.165) is 0 Å². The lowest BCUT2D eigenvalue weighted by molar-refractivity contribution is -0.165. The molecule has 0 amide bonds. The average molecular weight is 245 g/mol. The number of esters is 2. The lowest BCUT2D eigenvalue weighted by Crippen LogP contribution is -2.41. The van der Waals surface area contributed by atoms with Crippen LogP contribution in [0, 0.1) is 0 Å². The van der Waals surface area contributed by atoms with Gasteiger partial charge in [0, 0.05) is 11.0 Å². The van der Waals surface area contributed by atoms with Crippen molar-refractivity contribution >= 4 is 33.6 Å². The Morgan fingerprint density at radius 3 is 1.86 bits per heavy atom. The van der Waals surface area contributed by atoms with Crippen molar-refractivity contribution in [2.45, 2.75) is 18.8 Å². The maximum absolute atomic E-state index is 13.6. The van der Waals surface area contributed by atoms with Crippen LogP contribution in [0.3, 0.4) is 0 Å². The van der Waals surface area contributed by atoms with E-state index in [1.165, 1.54) is 13.8 Å². The highest BCUT2D eigenvalue weighted by molar-refractivity contribution is 8.23. The van der Waals surface area contributed by atoms with Gasteiger partial charge in [-0.1, -0.05) is 0 Å². The van der Waals surface area contributed by atoms with Gasteiger partial charge in [0.2, 0.25) is 0 Å². The molecule has 0 rings (SSSR count). The van der Waals surface area contributed by atoms with Crippen LogP contribution in [0.15, 0.2) is 0 Å². The second-order valence-electron chi connectivity index (χ2n) is 2.11. The Kier molecular flexibility index (Phi) is 5.87. The molecule has 0 N–H and O–H groups in total. The number of carbonyl (C=O) groups excluding carboxylic acids is 2. The van der Waals surface area contributed by atoms with Crippen molar-refractivity contribution in [1.29, 1.82) is 0 Å². The van der Waals surface area contributed by atoms with Gasteiger partial charge in [0.25, 0.3) is 0 Å². The number of hydrogen-bond donors (Lipinski definition) is 0. The summed E-state index contributed by atoms with van der Waals surface area (Å²) in [6.45, 7) is 2.90. The number of ether oxygens (including phenoxy) is 2. The fourth-order valence-corrected chi connectivity index (χ4v) is 1.22. The molecule has 0 aliphatic carbocycles. The van der Waals surface area contributed by atoms with Gasteiger partial charge in [0.15, 0.2) is 0 Å². The first kappa shape index (κ1) is 13.5. The predicted molar refractivity (Wildman–Crippen MR) is 50.5 cm³/mol. The lowest BCUT2D eigenvalue weighted by Gasteiger charge is -2.16. The average Bonchev–Trinajstić information content (AvgIpc) is 2.17. The van der Waals surface area contributed by atoms with Gasteiger partial charge in [0.1, 0.15) is 0 Å². The molecule has 0 aromatic carbocycles. The normalized spacial score (nSPS) is 10.9. The van der Waals surface area contributed by atoms with E-state index >= 15 is 0 Å². The molecule has 0 saturated carbocycles. The highest BCUT2D eigenvalue weighted by Gasteiger charge is 2.51. The van der Waals surface area contributed by atoms with E-state index in [-0.39, 0.29) is 24.2 Å². The molecule has 0 aromatic heterocycles. The van der Waals surface area contributed by atoms with Gasteiger partial charge in [-0.2, -0.15) is 0 Å². The van der Waals surface area contributed by atoms with Gasteiger partial charge < -0.3 is 9.47 Å². The van der Waals surface area contributed by atoms with Crippen molar-refractivity contribution in [3.63, 3.8) is 0 Å². The summed E-state index contributed by atoms with van der Waals surface area (Å²) in [5, 5.41) is -2.98. The van der Waals surface area contributed by atoms with Gasteiger partial charge >= 0.3 is 16.9 Å². The van der Waals surface area contributed by atoms with Crippen molar-refractivity contribution in [2.24, 2.45) is 0 Å². The van der Waals surface area contributed by atoms with E-state index < -0.39 is 16.9 Å². The van der Waals surface area contributed by atoms with E-state index in [1.807, 2.05) is 0 Å². The second kappa shape index (κ2) is 6.08. The third kappa shape index (κ3) is 3.02. The number of halogens is 2. The van der Waals surface area contributed by atoms with Gasteiger partial charge in [-0.25, -0.2) is 14.0 Å². The number of hydrogen-bond acceptors (Lipinski definition) is 5. The van der Waals surface area contributed by atoms with Gasteiger partial charge in [0.05, 0.1) is 13.2 Å². The molecule has 0 aromatic rings. The van der Waals surface area contributed by atoms with Crippen LogP contribution < -0.4 is 0 Å². The molecule has 0 spiro atoms. The number of carbonyl (C=O) groups is 2. The quantitative estimate of drug-likeness (QED) is 0.544. The molecule has 0 aliphatic rings. The van der Waals surface area contributed by atoms with E-state index in [0.29, 0.717) is 0 Å². The van der Waals surface area contributed by atoms with Crippen LogP contribution in [-0.4, -0.2) is 30.2 Å². The SMILES string of the molecule is CCOC(=O)C(F)(SCl)C(=O)OCC. The van der Waals surface area contributed by atoms with Crippen molar-refractivity contribution in [3.05, 3.63) is 0 Å². The Labute approximate surface area is 89.6 Å². The van der Waals surface area contributed by atoms with Crippen LogP contribution in [0.1, 0.15) is 13.8 Å². The first-order valence-electron chi connectivity index (χ1n) is 3.86. The van der Waals surface area contributed by atoms with Crippen LogP contribution in [0.4, 0.5) is 4.39 Å². The van der Waals surface area contributed by atoms with Crippen LogP contribution in [0.25, 0.3) is 0 Å². The Morgan fingerprint density at radius 1 is 1.29 bits per heavy atom. The minimum atomic E-state index is -2.98. The Bertz CT molecular complexity index is 206. The van der Waals surface area contributed by atoms with Crippen LogP contribution >= 0.6 is 21.7 Å².